The van der Waals surface area contributed by atoms with E-state index in [9.17, 15) is 4.79 Å². The Hall–Kier alpha value is -0.880. The van der Waals surface area contributed by atoms with Crippen LogP contribution in [0.2, 0.25) is 0 Å². The van der Waals surface area contributed by atoms with Crippen LogP contribution in [0, 0.1) is 12.8 Å². The Morgan fingerprint density at radius 1 is 1.45 bits per heavy atom. The van der Waals surface area contributed by atoms with Crippen LogP contribution in [0.3, 0.4) is 0 Å². The Balaban J connectivity index is 1.80. The van der Waals surface area contributed by atoms with Gasteiger partial charge in [-0.15, -0.1) is 0 Å². The number of aryl methyl sites for hydroxylation is 1. The van der Waals surface area contributed by atoms with Crippen LogP contribution in [-0.4, -0.2) is 45.8 Å². The zero-order valence-electron chi connectivity index (χ0n) is 12.2. The van der Waals surface area contributed by atoms with Gasteiger partial charge >= 0.3 is 0 Å². The molecule has 1 unspecified atom stereocenters. The van der Waals surface area contributed by atoms with E-state index in [2.05, 4.69) is 38.2 Å². The Labute approximate surface area is 127 Å². The minimum atomic E-state index is -0.127. The van der Waals surface area contributed by atoms with E-state index in [4.69, 9.17) is 0 Å². The molecule has 0 aromatic carbocycles. The second kappa shape index (κ2) is 4.84. The van der Waals surface area contributed by atoms with Crippen LogP contribution in [0.15, 0.2) is 4.47 Å². The second-order valence-corrected chi connectivity index (χ2v) is 7.09. The summed E-state index contributed by atoms with van der Waals surface area (Å²) in [5.41, 5.74) is 1.33. The lowest BCUT2D eigenvalue weighted by molar-refractivity contribution is 0.0165. The van der Waals surface area contributed by atoms with Crippen molar-refractivity contribution in [1.82, 2.24) is 20.0 Å². The maximum Gasteiger partial charge on any atom is 0.273 e. The smallest absolute Gasteiger partial charge is 0.273 e. The van der Waals surface area contributed by atoms with Crippen molar-refractivity contribution in [3.63, 3.8) is 0 Å². The highest BCUT2D eigenvalue weighted by Crippen LogP contribution is 2.35. The van der Waals surface area contributed by atoms with E-state index in [1.165, 1.54) is 25.9 Å². The predicted molar refractivity (Wildman–Crippen MR) is 80.7 cm³/mol. The van der Waals surface area contributed by atoms with Crippen LogP contribution in [-0.2, 0) is 7.05 Å². The van der Waals surface area contributed by atoms with Crippen LogP contribution < -0.4 is 5.32 Å². The average Bonchev–Trinajstić information content (AvgIpc) is 2.67. The van der Waals surface area contributed by atoms with Crippen molar-refractivity contribution in [3.05, 3.63) is 15.9 Å². The van der Waals surface area contributed by atoms with Crippen molar-refractivity contribution in [2.75, 3.05) is 19.6 Å². The molecular formula is C14H21BrN4O. The molecule has 3 aliphatic heterocycles. The van der Waals surface area contributed by atoms with E-state index in [0.29, 0.717) is 11.6 Å². The molecule has 1 amide bonds. The number of halogens is 1. The highest BCUT2D eigenvalue weighted by molar-refractivity contribution is 9.10. The molecule has 0 aliphatic carbocycles. The Bertz CT molecular complexity index is 548. The Morgan fingerprint density at radius 3 is 2.55 bits per heavy atom. The molecular weight excluding hydrogens is 320 g/mol. The van der Waals surface area contributed by atoms with Crippen LogP contribution in [0.4, 0.5) is 0 Å². The molecule has 1 aromatic heterocycles. The summed E-state index contributed by atoms with van der Waals surface area (Å²) in [7, 11) is 1.85. The number of fused-ring (bicyclic) bond motifs is 3. The molecule has 2 bridgehead atoms. The summed E-state index contributed by atoms with van der Waals surface area (Å²) in [6.07, 6.45) is 2.36. The van der Waals surface area contributed by atoms with Crippen molar-refractivity contribution in [2.45, 2.75) is 32.2 Å². The highest BCUT2D eigenvalue weighted by Gasteiger charge is 2.44. The molecule has 20 heavy (non-hydrogen) atoms. The fraction of sp³-hybridized carbons (Fsp3) is 0.714. The minimum absolute atomic E-state index is 0.0724. The molecule has 1 N–H and O–H groups in total. The van der Waals surface area contributed by atoms with Gasteiger partial charge < -0.3 is 10.2 Å². The van der Waals surface area contributed by atoms with Crippen molar-refractivity contribution in [3.8, 4) is 0 Å². The zero-order chi connectivity index (χ0) is 14.5. The van der Waals surface area contributed by atoms with Gasteiger partial charge in [0.1, 0.15) is 0 Å². The van der Waals surface area contributed by atoms with E-state index >= 15 is 0 Å². The monoisotopic (exact) mass is 340 g/mol. The van der Waals surface area contributed by atoms with Gasteiger partial charge in [0.25, 0.3) is 5.91 Å². The normalized spacial score (nSPS) is 32.4. The van der Waals surface area contributed by atoms with E-state index in [1.54, 1.807) is 4.68 Å². The third kappa shape index (κ3) is 2.19. The number of piperidine rings is 3. The van der Waals surface area contributed by atoms with Crippen LogP contribution in [0.25, 0.3) is 0 Å². The van der Waals surface area contributed by atoms with Gasteiger partial charge in [0.05, 0.1) is 15.7 Å². The topological polar surface area (TPSA) is 50.2 Å². The van der Waals surface area contributed by atoms with Gasteiger partial charge in [-0.3, -0.25) is 9.48 Å². The molecule has 1 atom stereocenters. The van der Waals surface area contributed by atoms with Gasteiger partial charge in [-0.1, -0.05) is 0 Å². The predicted octanol–water partition coefficient (Wildman–Crippen LogP) is 1.71. The summed E-state index contributed by atoms with van der Waals surface area (Å²) in [4.78, 5) is 15.0. The van der Waals surface area contributed by atoms with Crippen LogP contribution in [0.1, 0.15) is 35.9 Å². The van der Waals surface area contributed by atoms with Crippen molar-refractivity contribution in [1.29, 1.82) is 0 Å². The molecule has 5 nitrogen and oxygen atoms in total. The minimum Gasteiger partial charge on any atom is -0.344 e. The lowest BCUT2D eigenvalue weighted by Gasteiger charge is -2.51. The maximum absolute atomic E-state index is 12.5. The van der Waals surface area contributed by atoms with Crippen molar-refractivity contribution in [2.24, 2.45) is 13.0 Å². The van der Waals surface area contributed by atoms with Crippen LogP contribution in [0.5, 0.6) is 0 Å². The van der Waals surface area contributed by atoms with Gasteiger partial charge in [-0.2, -0.15) is 5.10 Å². The lowest BCUT2D eigenvalue weighted by Crippen LogP contribution is -2.65. The fourth-order valence-corrected chi connectivity index (χ4v) is 4.03. The molecule has 3 fully saturated rings. The van der Waals surface area contributed by atoms with Gasteiger partial charge in [0.15, 0.2) is 5.69 Å². The largest absolute Gasteiger partial charge is 0.344 e. The number of hydrogen-bond donors (Lipinski definition) is 1. The maximum atomic E-state index is 12.5. The molecule has 3 saturated heterocycles. The average molecular weight is 341 g/mol. The van der Waals surface area contributed by atoms with E-state index in [1.807, 2.05) is 14.0 Å². The quantitative estimate of drug-likeness (QED) is 0.891. The van der Waals surface area contributed by atoms with E-state index in [0.717, 1.165) is 16.7 Å². The van der Waals surface area contributed by atoms with Crippen LogP contribution >= 0.6 is 15.9 Å². The van der Waals surface area contributed by atoms with Gasteiger partial charge in [-0.25, -0.2) is 0 Å². The molecule has 4 rings (SSSR count). The summed E-state index contributed by atoms with van der Waals surface area (Å²) < 4.78 is 2.53. The summed E-state index contributed by atoms with van der Waals surface area (Å²) in [5, 5.41) is 7.55. The van der Waals surface area contributed by atoms with Crippen molar-refractivity contribution < 1.29 is 4.79 Å². The molecule has 0 saturated carbocycles. The number of aromatic nitrogens is 2. The third-order valence-electron chi connectivity index (χ3n) is 4.92. The Kier molecular flexibility index (Phi) is 3.41. The number of hydrogen-bond acceptors (Lipinski definition) is 3. The number of carbonyl (C=O) groups is 1. The van der Waals surface area contributed by atoms with Gasteiger partial charge in [-0.05, 0) is 61.6 Å². The molecule has 1 aromatic rings. The summed E-state index contributed by atoms with van der Waals surface area (Å²) in [5.74, 6) is 0.511. The Morgan fingerprint density at radius 2 is 2.10 bits per heavy atom. The molecule has 0 radical (unpaired) electrons. The fourth-order valence-electron chi connectivity index (χ4n) is 3.51. The standard InChI is InChI=1S/C14H21BrN4O/c1-9-11(15)12(17-18(9)3)13(20)16-14(2)8-19-6-4-10(14)5-7-19/h10H,4-8H2,1-3H3,(H,16,20). The summed E-state index contributed by atoms with van der Waals surface area (Å²) in [6, 6.07) is 0. The number of nitrogens with one attached hydrogen (secondary N) is 1. The molecule has 4 heterocycles. The second-order valence-electron chi connectivity index (χ2n) is 6.29. The molecule has 6 heteroatoms. The van der Waals surface area contributed by atoms with Crippen molar-refractivity contribution >= 4 is 21.8 Å². The lowest BCUT2D eigenvalue weighted by atomic mass is 9.74. The number of carbonyl (C=O) groups excluding carboxylic acids is 1. The molecule has 3 aliphatic rings. The number of amides is 1. The van der Waals surface area contributed by atoms with E-state index < -0.39 is 0 Å². The third-order valence-corrected chi connectivity index (χ3v) is 5.87. The number of nitrogens with zero attached hydrogens (tertiary/aromatic N) is 3. The highest BCUT2D eigenvalue weighted by atomic mass is 79.9. The number of rotatable bonds is 2. The van der Waals surface area contributed by atoms with E-state index in [-0.39, 0.29) is 11.4 Å². The van der Waals surface area contributed by atoms with Gasteiger partial charge in [0.2, 0.25) is 0 Å². The molecule has 0 spiro atoms. The first kappa shape index (κ1) is 14.1. The first-order valence-corrected chi connectivity index (χ1v) is 7.94. The summed E-state index contributed by atoms with van der Waals surface area (Å²) >= 11 is 3.47. The first-order valence-electron chi connectivity index (χ1n) is 7.14. The summed E-state index contributed by atoms with van der Waals surface area (Å²) in [6.45, 7) is 7.41. The first-order chi connectivity index (χ1) is 9.40. The molecule has 110 valence electrons. The zero-order valence-corrected chi connectivity index (χ0v) is 13.8. The SMILES string of the molecule is Cc1c(Br)c(C(=O)NC2(C)CN3CCC2CC3)nn1C. The van der Waals surface area contributed by atoms with Gasteiger partial charge in [0, 0.05) is 13.6 Å².